The van der Waals surface area contributed by atoms with Crippen LogP contribution in [0.4, 0.5) is 17.2 Å². The van der Waals surface area contributed by atoms with Crippen molar-refractivity contribution >= 4 is 45.2 Å². The van der Waals surface area contributed by atoms with Crippen molar-refractivity contribution in [2.75, 3.05) is 10.6 Å². The van der Waals surface area contributed by atoms with Crippen LogP contribution in [0.15, 0.2) is 53.2 Å². The molecule has 5 rings (SSSR count). The van der Waals surface area contributed by atoms with E-state index in [4.69, 9.17) is 9.15 Å². The van der Waals surface area contributed by atoms with E-state index in [0.717, 1.165) is 22.2 Å². The molecular formula is C19H14N4O3. The minimum Gasteiger partial charge on any atom is -0.479 e. The van der Waals surface area contributed by atoms with Gasteiger partial charge >= 0.3 is 0 Å². The first-order valence-corrected chi connectivity index (χ1v) is 8.20. The van der Waals surface area contributed by atoms with Crippen LogP contribution in [0.25, 0.3) is 22.1 Å². The molecule has 0 saturated carbocycles. The Labute approximate surface area is 148 Å². The van der Waals surface area contributed by atoms with Crippen LogP contribution in [0.3, 0.4) is 0 Å². The normalized spacial score (nSPS) is 16.2. The molecule has 7 nitrogen and oxygen atoms in total. The van der Waals surface area contributed by atoms with Gasteiger partial charge in [0.1, 0.15) is 23.2 Å². The minimum absolute atomic E-state index is 0.170. The molecule has 2 aromatic heterocycles. The molecule has 128 valence electrons. The maximum absolute atomic E-state index is 11.8. The van der Waals surface area contributed by atoms with Crippen LogP contribution in [0.5, 0.6) is 5.75 Å². The maximum atomic E-state index is 11.8. The summed E-state index contributed by atoms with van der Waals surface area (Å²) in [7, 11) is 0. The average molecular weight is 346 g/mol. The number of rotatable bonds is 2. The molecule has 0 unspecified atom stereocenters. The Bertz CT molecular complexity index is 1170. The number of benzene rings is 2. The lowest BCUT2D eigenvalue weighted by Crippen LogP contribution is -2.34. The zero-order valence-corrected chi connectivity index (χ0v) is 13.8. The third-order valence-electron chi connectivity index (χ3n) is 4.33. The molecule has 0 aliphatic carbocycles. The fourth-order valence-electron chi connectivity index (χ4n) is 3.04. The van der Waals surface area contributed by atoms with Gasteiger partial charge in [-0.25, -0.2) is 9.97 Å². The molecule has 3 heterocycles. The second-order valence-corrected chi connectivity index (χ2v) is 6.08. The monoisotopic (exact) mass is 346 g/mol. The number of anilines is 3. The molecule has 1 amide bonds. The third kappa shape index (κ3) is 2.25. The van der Waals surface area contributed by atoms with Gasteiger partial charge in [0.25, 0.3) is 5.91 Å². The number of nitrogens with zero attached hydrogens (tertiary/aromatic N) is 2. The highest BCUT2D eigenvalue weighted by Gasteiger charge is 2.23. The summed E-state index contributed by atoms with van der Waals surface area (Å²) in [6.45, 7) is 1.71. The highest BCUT2D eigenvalue weighted by Crippen LogP contribution is 2.35. The number of para-hydroxylation sites is 1. The molecule has 4 aromatic rings. The Kier molecular flexibility index (Phi) is 3.08. The summed E-state index contributed by atoms with van der Waals surface area (Å²) in [6, 6.07) is 13.2. The van der Waals surface area contributed by atoms with Crippen LogP contribution in [-0.2, 0) is 4.79 Å². The lowest BCUT2D eigenvalue weighted by Gasteiger charge is -2.23. The fraction of sp³-hybridized carbons (Fsp3) is 0.105. The molecule has 0 fully saturated rings. The first-order valence-electron chi connectivity index (χ1n) is 8.20. The molecule has 0 saturated heterocycles. The van der Waals surface area contributed by atoms with Crippen LogP contribution < -0.4 is 15.4 Å². The Morgan fingerprint density at radius 2 is 2.04 bits per heavy atom. The van der Waals surface area contributed by atoms with Crippen LogP contribution in [0, 0.1) is 0 Å². The fourth-order valence-corrected chi connectivity index (χ4v) is 3.04. The van der Waals surface area contributed by atoms with E-state index in [1.807, 2.05) is 36.4 Å². The van der Waals surface area contributed by atoms with Crippen molar-refractivity contribution in [3.05, 3.63) is 48.8 Å². The van der Waals surface area contributed by atoms with Gasteiger partial charge in [-0.05, 0) is 37.3 Å². The number of nitrogens with one attached hydrogen (secondary N) is 2. The van der Waals surface area contributed by atoms with Crippen LogP contribution in [0.1, 0.15) is 6.92 Å². The molecule has 1 aliphatic heterocycles. The predicted octanol–water partition coefficient (Wildman–Crippen LogP) is 3.84. The quantitative estimate of drug-likeness (QED) is 0.573. The second-order valence-electron chi connectivity index (χ2n) is 6.08. The van der Waals surface area contributed by atoms with E-state index < -0.39 is 6.10 Å². The summed E-state index contributed by atoms with van der Waals surface area (Å²) in [6.07, 6.45) is 0.996. The Morgan fingerprint density at radius 3 is 2.96 bits per heavy atom. The van der Waals surface area contributed by atoms with E-state index in [1.54, 1.807) is 13.0 Å². The molecule has 0 radical (unpaired) electrons. The number of amides is 1. The SMILES string of the molecule is C[C@@H]1Oc2ccc(Nc3ncnc4c3oc3ccccc34)cc2NC1=O. The second kappa shape index (κ2) is 5.45. The van der Waals surface area contributed by atoms with Crippen molar-refractivity contribution in [1.82, 2.24) is 9.97 Å². The minimum atomic E-state index is -0.502. The predicted molar refractivity (Wildman–Crippen MR) is 97.8 cm³/mol. The van der Waals surface area contributed by atoms with Gasteiger partial charge in [0.2, 0.25) is 0 Å². The van der Waals surface area contributed by atoms with Gasteiger partial charge < -0.3 is 19.8 Å². The summed E-state index contributed by atoms with van der Waals surface area (Å²) < 4.78 is 11.5. The Morgan fingerprint density at radius 1 is 1.15 bits per heavy atom. The summed E-state index contributed by atoms with van der Waals surface area (Å²) in [5.41, 5.74) is 3.46. The number of carbonyl (C=O) groups is 1. The largest absolute Gasteiger partial charge is 0.479 e. The highest BCUT2D eigenvalue weighted by atomic mass is 16.5. The molecule has 2 aromatic carbocycles. The number of ether oxygens (including phenoxy) is 1. The molecule has 26 heavy (non-hydrogen) atoms. The number of fused-ring (bicyclic) bond motifs is 4. The number of aromatic nitrogens is 2. The van der Waals surface area contributed by atoms with Crippen molar-refractivity contribution in [3.63, 3.8) is 0 Å². The van der Waals surface area contributed by atoms with E-state index >= 15 is 0 Å². The first-order chi connectivity index (χ1) is 12.7. The summed E-state index contributed by atoms with van der Waals surface area (Å²) >= 11 is 0. The van der Waals surface area contributed by atoms with Crippen LogP contribution in [0.2, 0.25) is 0 Å². The van der Waals surface area contributed by atoms with Crippen molar-refractivity contribution in [1.29, 1.82) is 0 Å². The van der Waals surface area contributed by atoms with Crippen molar-refractivity contribution in [3.8, 4) is 5.75 Å². The van der Waals surface area contributed by atoms with Crippen molar-refractivity contribution in [2.24, 2.45) is 0 Å². The molecule has 1 atom stereocenters. The molecule has 0 spiro atoms. The van der Waals surface area contributed by atoms with Gasteiger partial charge in [0, 0.05) is 11.1 Å². The van der Waals surface area contributed by atoms with E-state index in [9.17, 15) is 4.79 Å². The van der Waals surface area contributed by atoms with Crippen LogP contribution in [-0.4, -0.2) is 22.0 Å². The number of carbonyl (C=O) groups excluding carboxylic acids is 1. The summed E-state index contributed by atoms with van der Waals surface area (Å²) in [5.74, 6) is 1.03. The average Bonchev–Trinajstić information content (AvgIpc) is 3.03. The van der Waals surface area contributed by atoms with Crippen molar-refractivity contribution < 1.29 is 13.9 Å². The highest BCUT2D eigenvalue weighted by molar-refractivity contribution is 6.06. The number of hydrogen-bond acceptors (Lipinski definition) is 6. The Hall–Kier alpha value is -3.61. The van der Waals surface area contributed by atoms with Crippen LogP contribution >= 0.6 is 0 Å². The van der Waals surface area contributed by atoms with E-state index in [-0.39, 0.29) is 5.91 Å². The summed E-state index contributed by atoms with van der Waals surface area (Å²) in [4.78, 5) is 20.4. The van der Waals surface area contributed by atoms with Gasteiger partial charge in [-0.1, -0.05) is 12.1 Å². The number of hydrogen-bond donors (Lipinski definition) is 2. The lowest BCUT2D eigenvalue weighted by atomic mass is 10.2. The molecule has 1 aliphatic rings. The standard InChI is InChI=1S/C19H14N4O3/c1-10-19(24)23-13-8-11(6-7-15(13)25-10)22-18-17-16(20-9-21-18)12-4-2-3-5-14(12)26-17/h2-10H,1H3,(H,23,24)(H,20,21,22)/t10-/m0/s1. The van der Waals surface area contributed by atoms with Gasteiger partial charge in [-0.2, -0.15) is 0 Å². The van der Waals surface area contributed by atoms with Gasteiger partial charge in [-0.3, -0.25) is 4.79 Å². The topological polar surface area (TPSA) is 89.3 Å². The van der Waals surface area contributed by atoms with E-state index in [1.165, 1.54) is 6.33 Å². The third-order valence-corrected chi connectivity index (χ3v) is 4.33. The maximum Gasteiger partial charge on any atom is 0.265 e. The molecular weight excluding hydrogens is 332 g/mol. The van der Waals surface area contributed by atoms with Gasteiger partial charge in [0.15, 0.2) is 17.5 Å². The molecule has 0 bridgehead atoms. The lowest BCUT2D eigenvalue weighted by molar-refractivity contribution is -0.122. The smallest absolute Gasteiger partial charge is 0.265 e. The first kappa shape index (κ1) is 14.7. The zero-order valence-electron chi connectivity index (χ0n) is 13.8. The van der Waals surface area contributed by atoms with Gasteiger partial charge in [-0.15, -0.1) is 0 Å². The van der Waals surface area contributed by atoms with E-state index in [2.05, 4.69) is 20.6 Å². The molecule has 7 heteroatoms. The molecule has 2 N–H and O–H groups in total. The zero-order chi connectivity index (χ0) is 17.7. The number of furan rings is 1. The Balaban J connectivity index is 1.56. The van der Waals surface area contributed by atoms with Gasteiger partial charge in [0.05, 0.1) is 5.69 Å². The summed E-state index contributed by atoms with van der Waals surface area (Å²) in [5, 5.41) is 7.00. The van der Waals surface area contributed by atoms with E-state index in [0.29, 0.717) is 22.8 Å². The van der Waals surface area contributed by atoms with Crippen molar-refractivity contribution in [2.45, 2.75) is 13.0 Å².